The molecule has 0 atom stereocenters. The van der Waals surface area contributed by atoms with Crippen LogP contribution in [0.1, 0.15) is 36.7 Å². The first-order valence-corrected chi connectivity index (χ1v) is 8.10. The molecule has 0 heterocycles. The summed E-state index contributed by atoms with van der Waals surface area (Å²) in [6.07, 6.45) is 0. The molecule has 5 heteroatoms. The van der Waals surface area contributed by atoms with E-state index in [1.807, 2.05) is 12.1 Å². The van der Waals surface area contributed by atoms with Gasteiger partial charge in [-0.25, -0.2) is 0 Å². The highest BCUT2D eigenvalue weighted by molar-refractivity contribution is 7.99. The molecule has 0 bridgehead atoms. The van der Waals surface area contributed by atoms with Crippen LogP contribution in [0.15, 0.2) is 53.4 Å². The molecular weight excluding hydrogens is 316 g/mol. The normalized spacial score (nSPS) is 11.6. The highest BCUT2D eigenvalue weighted by Crippen LogP contribution is 2.26. The van der Waals surface area contributed by atoms with Gasteiger partial charge in [-0.2, -0.15) is 8.78 Å². The largest absolute Gasteiger partial charge is 0.322 e. The van der Waals surface area contributed by atoms with Gasteiger partial charge in [0.1, 0.15) is 0 Å². The number of benzene rings is 2. The van der Waals surface area contributed by atoms with Gasteiger partial charge in [0.05, 0.1) is 0 Å². The molecule has 1 N–H and O–H groups in total. The topological polar surface area (TPSA) is 29.1 Å². The van der Waals surface area contributed by atoms with Crippen molar-refractivity contribution in [2.45, 2.75) is 36.8 Å². The molecule has 0 unspecified atom stereocenters. The molecule has 0 aliphatic rings. The summed E-state index contributed by atoms with van der Waals surface area (Å²) in [4.78, 5) is 12.7. The highest BCUT2D eigenvalue weighted by atomic mass is 32.2. The highest BCUT2D eigenvalue weighted by Gasteiger charge is 2.14. The SMILES string of the molecule is CC(C)(C)c1ccc(C(=O)Nc2ccc(SC(F)F)cc2)cc1. The van der Waals surface area contributed by atoms with E-state index >= 15 is 0 Å². The Hall–Kier alpha value is -1.88. The van der Waals surface area contributed by atoms with Gasteiger partial charge >= 0.3 is 0 Å². The first-order valence-electron chi connectivity index (χ1n) is 7.22. The van der Waals surface area contributed by atoms with Crippen LogP contribution in [0.4, 0.5) is 14.5 Å². The second kappa shape index (κ2) is 7.13. The van der Waals surface area contributed by atoms with Crippen molar-refractivity contribution >= 4 is 23.4 Å². The number of hydrogen-bond acceptors (Lipinski definition) is 2. The van der Waals surface area contributed by atoms with Gasteiger partial charge in [0.25, 0.3) is 11.7 Å². The summed E-state index contributed by atoms with van der Waals surface area (Å²) in [6.45, 7) is 6.34. The van der Waals surface area contributed by atoms with E-state index in [0.717, 1.165) is 5.56 Å². The van der Waals surface area contributed by atoms with Gasteiger partial charge in [-0.3, -0.25) is 4.79 Å². The maximum Gasteiger partial charge on any atom is 0.288 e. The molecule has 0 radical (unpaired) electrons. The van der Waals surface area contributed by atoms with E-state index in [4.69, 9.17) is 0 Å². The number of carbonyl (C=O) groups is 1. The van der Waals surface area contributed by atoms with Gasteiger partial charge in [-0.05, 0) is 47.4 Å². The standard InChI is InChI=1S/C18H19F2NOS/c1-18(2,3)13-6-4-12(5-7-13)16(22)21-14-8-10-15(11-9-14)23-17(19)20/h4-11,17H,1-3H3,(H,21,22). The van der Waals surface area contributed by atoms with E-state index in [9.17, 15) is 13.6 Å². The summed E-state index contributed by atoms with van der Waals surface area (Å²) in [6, 6.07) is 13.8. The summed E-state index contributed by atoms with van der Waals surface area (Å²) in [5, 5.41) is 2.76. The fourth-order valence-corrected chi connectivity index (χ4v) is 2.54. The van der Waals surface area contributed by atoms with Crippen molar-refractivity contribution in [2.75, 3.05) is 5.32 Å². The van der Waals surface area contributed by atoms with Gasteiger partial charge in [0.2, 0.25) is 0 Å². The van der Waals surface area contributed by atoms with E-state index in [1.54, 1.807) is 36.4 Å². The summed E-state index contributed by atoms with van der Waals surface area (Å²) < 4.78 is 24.5. The molecule has 0 aliphatic carbocycles. The van der Waals surface area contributed by atoms with E-state index < -0.39 is 5.76 Å². The number of hydrogen-bond donors (Lipinski definition) is 1. The first kappa shape index (κ1) is 17.5. The molecular formula is C18H19F2NOS. The Balaban J connectivity index is 2.04. The monoisotopic (exact) mass is 335 g/mol. The van der Waals surface area contributed by atoms with Crippen molar-refractivity contribution in [2.24, 2.45) is 0 Å². The average molecular weight is 335 g/mol. The minimum Gasteiger partial charge on any atom is -0.322 e. The van der Waals surface area contributed by atoms with Crippen molar-refractivity contribution < 1.29 is 13.6 Å². The number of anilines is 1. The zero-order chi connectivity index (χ0) is 17.0. The Morgan fingerprint density at radius 1 is 1.00 bits per heavy atom. The lowest BCUT2D eigenvalue weighted by Crippen LogP contribution is -2.14. The van der Waals surface area contributed by atoms with Crippen LogP contribution < -0.4 is 5.32 Å². The molecule has 23 heavy (non-hydrogen) atoms. The predicted octanol–water partition coefficient (Wildman–Crippen LogP) is 5.55. The lowest BCUT2D eigenvalue weighted by atomic mass is 9.87. The van der Waals surface area contributed by atoms with Crippen molar-refractivity contribution in [1.29, 1.82) is 0 Å². The third-order valence-corrected chi connectivity index (χ3v) is 4.07. The molecule has 2 rings (SSSR count). The number of rotatable bonds is 4. The molecule has 2 aromatic carbocycles. The van der Waals surface area contributed by atoms with Crippen LogP contribution >= 0.6 is 11.8 Å². The van der Waals surface area contributed by atoms with E-state index in [2.05, 4.69) is 26.1 Å². The number of amides is 1. The molecule has 0 aliphatic heterocycles. The predicted molar refractivity (Wildman–Crippen MR) is 91.4 cm³/mol. The lowest BCUT2D eigenvalue weighted by Gasteiger charge is -2.19. The number of alkyl halides is 2. The molecule has 0 saturated heterocycles. The fourth-order valence-electron chi connectivity index (χ4n) is 2.04. The second-order valence-electron chi connectivity index (χ2n) is 6.18. The number of thioether (sulfide) groups is 1. The maximum atomic E-state index is 12.3. The molecule has 2 nitrogen and oxygen atoms in total. The van der Waals surface area contributed by atoms with Crippen LogP contribution in [0.2, 0.25) is 0 Å². The van der Waals surface area contributed by atoms with Gasteiger partial charge in [-0.1, -0.05) is 44.7 Å². The van der Waals surface area contributed by atoms with Crippen LogP contribution in [0, 0.1) is 0 Å². The third-order valence-electron chi connectivity index (χ3n) is 3.35. The van der Waals surface area contributed by atoms with Crippen LogP contribution in [0.5, 0.6) is 0 Å². The van der Waals surface area contributed by atoms with Crippen LogP contribution in [0.25, 0.3) is 0 Å². The van der Waals surface area contributed by atoms with Crippen LogP contribution in [-0.4, -0.2) is 11.7 Å². The average Bonchev–Trinajstić information content (AvgIpc) is 2.48. The summed E-state index contributed by atoms with van der Waals surface area (Å²) >= 11 is 0.480. The number of nitrogens with one attached hydrogen (secondary N) is 1. The minimum atomic E-state index is -2.45. The molecule has 2 aromatic rings. The van der Waals surface area contributed by atoms with Crippen molar-refractivity contribution in [3.8, 4) is 0 Å². The van der Waals surface area contributed by atoms with Crippen molar-refractivity contribution in [1.82, 2.24) is 0 Å². The zero-order valence-corrected chi connectivity index (χ0v) is 14.1. The van der Waals surface area contributed by atoms with E-state index in [-0.39, 0.29) is 11.3 Å². The van der Waals surface area contributed by atoms with E-state index in [1.165, 1.54) is 0 Å². The summed E-state index contributed by atoms with van der Waals surface area (Å²) in [5.41, 5.74) is 2.33. The second-order valence-corrected chi connectivity index (χ2v) is 7.25. The van der Waals surface area contributed by atoms with Crippen molar-refractivity contribution in [3.05, 3.63) is 59.7 Å². The number of halogens is 2. The van der Waals surface area contributed by atoms with Gasteiger partial charge in [-0.15, -0.1) is 0 Å². The molecule has 1 amide bonds. The Labute approximate surface area is 139 Å². The lowest BCUT2D eigenvalue weighted by molar-refractivity contribution is 0.102. The van der Waals surface area contributed by atoms with Gasteiger partial charge in [0.15, 0.2) is 0 Å². The summed E-state index contributed by atoms with van der Waals surface area (Å²) in [5.74, 6) is -2.67. The quantitative estimate of drug-likeness (QED) is 0.742. The molecule has 0 aromatic heterocycles. The smallest absolute Gasteiger partial charge is 0.288 e. The molecule has 0 fully saturated rings. The number of carbonyl (C=O) groups excluding carboxylic acids is 1. The Morgan fingerprint density at radius 2 is 1.57 bits per heavy atom. The zero-order valence-electron chi connectivity index (χ0n) is 13.3. The van der Waals surface area contributed by atoms with Gasteiger partial charge in [0, 0.05) is 16.1 Å². The molecule has 122 valence electrons. The minimum absolute atomic E-state index is 0.0349. The summed E-state index contributed by atoms with van der Waals surface area (Å²) in [7, 11) is 0. The van der Waals surface area contributed by atoms with Crippen molar-refractivity contribution in [3.63, 3.8) is 0 Å². The Bertz CT molecular complexity index is 661. The Kier molecular flexibility index (Phi) is 5.42. The fraction of sp³-hybridized carbons (Fsp3) is 0.278. The van der Waals surface area contributed by atoms with E-state index in [0.29, 0.717) is 27.9 Å². The first-order chi connectivity index (χ1) is 10.8. The maximum absolute atomic E-state index is 12.3. The Morgan fingerprint density at radius 3 is 2.04 bits per heavy atom. The third kappa shape index (κ3) is 5.06. The molecule has 0 spiro atoms. The van der Waals surface area contributed by atoms with Crippen LogP contribution in [0.3, 0.4) is 0 Å². The van der Waals surface area contributed by atoms with Gasteiger partial charge < -0.3 is 5.32 Å². The van der Waals surface area contributed by atoms with Crippen LogP contribution in [-0.2, 0) is 5.41 Å². The molecule has 0 saturated carbocycles.